The molecule has 3 rings (SSSR count). The number of aromatic amines is 1. The largest absolute Gasteiger partial charge is 0.338 e. The van der Waals surface area contributed by atoms with Crippen molar-refractivity contribution in [3.05, 3.63) is 54.1 Å². The first-order valence-corrected chi connectivity index (χ1v) is 5.61. The first kappa shape index (κ1) is 10.1. The molecule has 0 spiro atoms. The second-order valence-electron chi connectivity index (χ2n) is 4.01. The van der Waals surface area contributed by atoms with Crippen LogP contribution in [0.4, 0.5) is 0 Å². The molecule has 0 atom stereocenters. The quantitative estimate of drug-likeness (QED) is 0.701. The highest BCUT2D eigenvalue weighted by atomic mass is 14.9. The van der Waals surface area contributed by atoms with Crippen LogP contribution in [-0.4, -0.2) is 9.97 Å². The molecule has 3 N–H and O–H groups in total. The number of nitrogens with one attached hydrogen (secondary N) is 1. The number of rotatable bonds is 2. The normalized spacial score (nSPS) is 10.9. The molecular weight excluding hydrogens is 210 g/mol. The standard InChI is InChI=1S/C14H13N3/c15-9-10-6-7-12-13(8-10)17-14(16-12)11-4-2-1-3-5-11/h1-8H,9,15H2,(H,16,17). The van der Waals surface area contributed by atoms with Crippen LogP contribution in [0.3, 0.4) is 0 Å². The smallest absolute Gasteiger partial charge is 0.138 e. The molecular formula is C14H13N3. The molecule has 2 aromatic carbocycles. The first-order chi connectivity index (χ1) is 8.36. The van der Waals surface area contributed by atoms with Crippen LogP contribution in [-0.2, 0) is 6.54 Å². The van der Waals surface area contributed by atoms with Gasteiger partial charge in [0.1, 0.15) is 5.82 Å². The van der Waals surface area contributed by atoms with E-state index in [1.54, 1.807) is 0 Å². The van der Waals surface area contributed by atoms with E-state index < -0.39 is 0 Å². The zero-order valence-electron chi connectivity index (χ0n) is 9.35. The Labute approximate surface area is 99.3 Å². The van der Waals surface area contributed by atoms with Crippen LogP contribution in [0.5, 0.6) is 0 Å². The zero-order chi connectivity index (χ0) is 11.7. The van der Waals surface area contributed by atoms with E-state index in [0.717, 1.165) is 28.0 Å². The summed E-state index contributed by atoms with van der Waals surface area (Å²) in [6.07, 6.45) is 0. The first-order valence-electron chi connectivity index (χ1n) is 5.61. The molecule has 0 radical (unpaired) electrons. The third-order valence-corrected chi connectivity index (χ3v) is 2.83. The van der Waals surface area contributed by atoms with E-state index in [4.69, 9.17) is 5.73 Å². The van der Waals surface area contributed by atoms with E-state index in [2.05, 4.69) is 16.0 Å². The highest BCUT2D eigenvalue weighted by Gasteiger charge is 2.04. The Morgan fingerprint density at radius 1 is 1.06 bits per heavy atom. The number of fused-ring (bicyclic) bond motifs is 1. The minimum Gasteiger partial charge on any atom is -0.338 e. The monoisotopic (exact) mass is 223 g/mol. The summed E-state index contributed by atoms with van der Waals surface area (Å²) in [6, 6.07) is 16.2. The molecule has 0 saturated carbocycles. The summed E-state index contributed by atoms with van der Waals surface area (Å²) in [5, 5.41) is 0. The fourth-order valence-electron chi connectivity index (χ4n) is 1.92. The van der Waals surface area contributed by atoms with Crippen molar-refractivity contribution in [3.63, 3.8) is 0 Å². The summed E-state index contributed by atoms with van der Waals surface area (Å²) in [4.78, 5) is 7.88. The van der Waals surface area contributed by atoms with Gasteiger partial charge in [-0.25, -0.2) is 4.98 Å². The van der Waals surface area contributed by atoms with Gasteiger partial charge in [-0.2, -0.15) is 0 Å². The molecule has 17 heavy (non-hydrogen) atoms. The van der Waals surface area contributed by atoms with Crippen molar-refractivity contribution >= 4 is 11.0 Å². The Kier molecular flexibility index (Phi) is 2.38. The SMILES string of the molecule is NCc1ccc2nc(-c3ccccc3)[nH]c2c1. The minimum absolute atomic E-state index is 0.551. The van der Waals surface area contributed by atoms with Crippen molar-refractivity contribution in [2.24, 2.45) is 5.73 Å². The Bertz CT molecular complexity index is 641. The van der Waals surface area contributed by atoms with Crippen LogP contribution in [0, 0.1) is 0 Å². The van der Waals surface area contributed by atoms with Gasteiger partial charge in [-0.1, -0.05) is 36.4 Å². The Morgan fingerprint density at radius 3 is 2.65 bits per heavy atom. The Hall–Kier alpha value is -2.13. The zero-order valence-corrected chi connectivity index (χ0v) is 9.35. The summed E-state index contributed by atoms with van der Waals surface area (Å²) in [6.45, 7) is 0.551. The molecule has 0 fully saturated rings. The molecule has 3 nitrogen and oxygen atoms in total. The van der Waals surface area contributed by atoms with Gasteiger partial charge < -0.3 is 10.7 Å². The van der Waals surface area contributed by atoms with E-state index >= 15 is 0 Å². The summed E-state index contributed by atoms with van der Waals surface area (Å²) in [5.41, 5.74) is 9.84. The number of benzene rings is 2. The molecule has 0 saturated heterocycles. The molecule has 1 aromatic heterocycles. The lowest BCUT2D eigenvalue weighted by atomic mass is 10.2. The van der Waals surface area contributed by atoms with Crippen molar-refractivity contribution in [1.29, 1.82) is 0 Å². The molecule has 0 unspecified atom stereocenters. The Balaban J connectivity index is 2.14. The average molecular weight is 223 g/mol. The summed E-state index contributed by atoms with van der Waals surface area (Å²) < 4.78 is 0. The lowest BCUT2D eigenvalue weighted by Gasteiger charge is -1.94. The van der Waals surface area contributed by atoms with Gasteiger partial charge in [0.2, 0.25) is 0 Å². The summed E-state index contributed by atoms with van der Waals surface area (Å²) in [7, 11) is 0. The lowest BCUT2D eigenvalue weighted by molar-refractivity contribution is 1.07. The number of nitrogens with zero attached hydrogens (tertiary/aromatic N) is 1. The van der Waals surface area contributed by atoms with Crippen molar-refractivity contribution in [1.82, 2.24) is 9.97 Å². The van der Waals surface area contributed by atoms with E-state index in [-0.39, 0.29) is 0 Å². The van der Waals surface area contributed by atoms with Gasteiger partial charge in [0.15, 0.2) is 0 Å². The van der Waals surface area contributed by atoms with Crippen molar-refractivity contribution in [3.8, 4) is 11.4 Å². The van der Waals surface area contributed by atoms with E-state index in [1.807, 2.05) is 42.5 Å². The van der Waals surface area contributed by atoms with Crippen LogP contribution in [0.25, 0.3) is 22.4 Å². The topological polar surface area (TPSA) is 54.7 Å². The van der Waals surface area contributed by atoms with Gasteiger partial charge in [0.25, 0.3) is 0 Å². The number of nitrogens with two attached hydrogens (primary N) is 1. The molecule has 1 heterocycles. The van der Waals surface area contributed by atoms with E-state index in [0.29, 0.717) is 6.54 Å². The number of imidazole rings is 1. The van der Waals surface area contributed by atoms with E-state index in [1.165, 1.54) is 0 Å². The second kappa shape index (κ2) is 4.03. The molecule has 0 aliphatic rings. The van der Waals surface area contributed by atoms with Gasteiger partial charge in [-0.3, -0.25) is 0 Å². The number of H-pyrrole nitrogens is 1. The average Bonchev–Trinajstić information content (AvgIpc) is 2.82. The predicted octanol–water partition coefficient (Wildman–Crippen LogP) is 2.69. The molecule has 0 aliphatic carbocycles. The fraction of sp³-hybridized carbons (Fsp3) is 0.0714. The number of hydrogen-bond donors (Lipinski definition) is 2. The highest BCUT2D eigenvalue weighted by Crippen LogP contribution is 2.20. The van der Waals surface area contributed by atoms with Gasteiger partial charge in [0, 0.05) is 12.1 Å². The predicted molar refractivity (Wildman–Crippen MR) is 69.4 cm³/mol. The summed E-state index contributed by atoms with van der Waals surface area (Å²) >= 11 is 0. The Morgan fingerprint density at radius 2 is 1.88 bits per heavy atom. The molecule has 0 amide bonds. The van der Waals surface area contributed by atoms with Gasteiger partial charge in [0.05, 0.1) is 11.0 Å². The highest BCUT2D eigenvalue weighted by molar-refractivity contribution is 5.79. The van der Waals surface area contributed by atoms with Gasteiger partial charge in [-0.15, -0.1) is 0 Å². The maximum absolute atomic E-state index is 5.62. The van der Waals surface area contributed by atoms with Crippen LogP contribution in [0.15, 0.2) is 48.5 Å². The maximum Gasteiger partial charge on any atom is 0.138 e. The second-order valence-corrected chi connectivity index (χ2v) is 4.01. The van der Waals surface area contributed by atoms with Crippen LogP contribution >= 0.6 is 0 Å². The van der Waals surface area contributed by atoms with Crippen LogP contribution in [0.1, 0.15) is 5.56 Å². The van der Waals surface area contributed by atoms with Gasteiger partial charge in [-0.05, 0) is 17.7 Å². The summed E-state index contributed by atoms with van der Waals surface area (Å²) in [5.74, 6) is 0.898. The fourth-order valence-corrected chi connectivity index (χ4v) is 1.92. The molecule has 0 aliphatic heterocycles. The molecule has 3 aromatic rings. The molecule has 84 valence electrons. The van der Waals surface area contributed by atoms with Crippen LogP contribution < -0.4 is 5.73 Å². The van der Waals surface area contributed by atoms with Crippen molar-refractivity contribution in [2.75, 3.05) is 0 Å². The van der Waals surface area contributed by atoms with E-state index in [9.17, 15) is 0 Å². The lowest BCUT2D eigenvalue weighted by Crippen LogP contribution is -1.95. The third kappa shape index (κ3) is 1.81. The molecule has 3 heteroatoms. The number of aromatic nitrogens is 2. The molecule has 0 bridgehead atoms. The minimum atomic E-state index is 0.551. The third-order valence-electron chi connectivity index (χ3n) is 2.83. The van der Waals surface area contributed by atoms with Crippen LogP contribution in [0.2, 0.25) is 0 Å². The van der Waals surface area contributed by atoms with Gasteiger partial charge >= 0.3 is 0 Å². The van der Waals surface area contributed by atoms with Crippen molar-refractivity contribution in [2.45, 2.75) is 6.54 Å². The van der Waals surface area contributed by atoms with Crippen molar-refractivity contribution < 1.29 is 0 Å². The number of hydrogen-bond acceptors (Lipinski definition) is 2. The maximum atomic E-state index is 5.62.